The number of hydrogen-bond acceptors (Lipinski definition) is 4. The van der Waals surface area contributed by atoms with Crippen molar-refractivity contribution in [3.8, 4) is 33.6 Å². The highest BCUT2D eigenvalue weighted by atomic mass is 14.9. The Morgan fingerprint density at radius 3 is 2.58 bits per heavy atom. The minimum atomic E-state index is 0.835. The molecule has 0 unspecified atom stereocenters. The summed E-state index contributed by atoms with van der Waals surface area (Å²) in [5.74, 6) is 0. The molecular weight excluding hydrogens is 382 g/mol. The molecule has 0 fully saturated rings. The molecular formula is C26H23N5. The number of aryl methyl sites for hydroxylation is 1. The monoisotopic (exact) mass is 405 g/mol. The number of pyridine rings is 3. The lowest BCUT2D eigenvalue weighted by Gasteiger charge is -2.10. The Kier molecular flexibility index (Phi) is 5.02. The first-order valence-electron chi connectivity index (χ1n) is 10.3. The van der Waals surface area contributed by atoms with Gasteiger partial charge in [-0.3, -0.25) is 9.97 Å². The topological polar surface area (TPSA) is 66.5 Å². The van der Waals surface area contributed by atoms with Crippen molar-refractivity contribution < 1.29 is 0 Å². The Bertz CT molecular complexity index is 1370. The van der Waals surface area contributed by atoms with Crippen LogP contribution >= 0.6 is 0 Å². The molecule has 5 heteroatoms. The Morgan fingerprint density at radius 1 is 0.839 bits per heavy atom. The van der Waals surface area contributed by atoms with E-state index in [1.54, 1.807) is 0 Å². The second-order valence-electron chi connectivity index (χ2n) is 7.65. The van der Waals surface area contributed by atoms with E-state index in [1.165, 1.54) is 5.56 Å². The predicted molar refractivity (Wildman–Crippen MR) is 125 cm³/mol. The molecule has 5 rings (SSSR count). The van der Waals surface area contributed by atoms with Gasteiger partial charge in [0.05, 0.1) is 11.4 Å². The number of hydrogen-bond donors (Lipinski definition) is 2. The van der Waals surface area contributed by atoms with E-state index in [9.17, 15) is 0 Å². The lowest BCUT2D eigenvalue weighted by Crippen LogP contribution is -2.04. The maximum atomic E-state index is 4.80. The van der Waals surface area contributed by atoms with Gasteiger partial charge in [0, 0.05) is 47.3 Å². The van der Waals surface area contributed by atoms with Crippen molar-refractivity contribution in [2.24, 2.45) is 0 Å². The number of H-pyrrole nitrogens is 1. The molecule has 5 nitrogen and oxygen atoms in total. The Labute approximate surface area is 181 Å². The normalized spacial score (nSPS) is 11.2. The summed E-state index contributed by atoms with van der Waals surface area (Å²) in [7, 11) is 1.96. The van der Waals surface area contributed by atoms with Crippen molar-refractivity contribution >= 4 is 11.0 Å². The van der Waals surface area contributed by atoms with Gasteiger partial charge in [-0.2, -0.15) is 0 Å². The number of nitrogens with zero attached hydrogens (tertiary/aromatic N) is 3. The van der Waals surface area contributed by atoms with Crippen LogP contribution in [0.4, 0.5) is 0 Å². The van der Waals surface area contributed by atoms with E-state index in [1.807, 2.05) is 50.8 Å². The molecule has 1 aromatic carbocycles. The standard InChI is InChI=1S/C26H23N5/c1-17-5-3-8-24(30-17)25-13-23(22-9-10-29-26(22)31-25)21-12-20(15-28-16-21)19-7-4-6-18(11-19)14-27-2/h3-13,15-16,27H,14H2,1-2H3,(H,29,31). The van der Waals surface area contributed by atoms with E-state index in [0.717, 1.165) is 56.9 Å². The van der Waals surface area contributed by atoms with Crippen LogP contribution in [0.3, 0.4) is 0 Å². The van der Waals surface area contributed by atoms with Crippen molar-refractivity contribution in [2.45, 2.75) is 13.5 Å². The first kappa shape index (κ1) is 19.2. The van der Waals surface area contributed by atoms with Crippen LogP contribution in [0.1, 0.15) is 11.3 Å². The summed E-state index contributed by atoms with van der Waals surface area (Å²) in [6.45, 7) is 2.83. The lowest BCUT2D eigenvalue weighted by atomic mass is 9.98. The number of aromatic amines is 1. The van der Waals surface area contributed by atoms with Crippen LogP contribution in [-0.4, -0.2) is 27.0 Å². The average Bonchev–Trinajstić information content (AvgIpc) is 3.28. The van der Waals surface area contributed by atoms with E-state index >= 15 is 0 Å². The molecule has 0 saturated carbocycles. The SMILES string of the molecule is CNCc1cccc(-c2cncc(-c3cc(-c4cccc(C)n4)nc4[nH]ccc34)c2)c1. The summed E-state index contributed by atoms with van der Waals surface area (Å²) in [5.41, 5.74) is 9.15. The molecule has 0 aliphatic rings. The van der Waals surface area contributed by atoms with E-state index in [4.69, 9.17) is 4.98 Å². The fourth-order valence-electron chi connectivity index (χ4n) is 3.90. The largest absolute Gasteiger partial charge is 0.346 e. The molecule has 0 radical (unpaired) electrons. The average molecular weight is 406 g/mol. The second-order valence-corrected chi connectivity index (χ2v) is 7.65. The highest BCUT2D eigenvalue weighted by molar-refractivity contribution is 5.95. The van der Waals surface area contributed by atoms with Gasteiger partial charge in [-0.05, 0) is 67.1 Å². The fourth-order valence-corrected chi connectivity index (χ4v) is 3.90. The van der Waals surface area contributed by atoms with Crippen LogP contribution in [0.15, 0.2) is 79.3 Å². The van der Waals surface area contributed by atoms with Gasteiger partial charge >= 0.3 is 0 Å². The number of nitrogens with one attached hydrogen (secondary N) is 2. The van der Waals surface area contributed by atoms with Gasteiger partial charge in [-0.15, -0.1) is 0 Å². The number of benzene rings is 1. The Hall–Kier alpha value is -3.83. The highest BCUT2D eigenvalue weighted by Gasteiger charge is 2.12. The van der Waals surface area contributed by atoms with Gasteiger partial charge in [-0.1, -0.05) is 24.3 Å². The van der Waals surface area contributed by atoms with Crippen LogP contribution in [-0.2, 0) is 6.54 Å². The number of aromatic nitrogens is 4. The van der Waals surface area contributed by atoms with Gasteiger partial charge in [0.15, 0.2) is 0 Å². The molecule has 0 bridgehead atoms. The predicted octanol–water partition coefficient (Wildman–Crippen LogP) is 5.38. The Morgan fingerprint density at radius 2 is 1.71 bits per heavy atom. The zero-order chi connectivity index (χ0) is 21.2. The van der Waals surface area contributed by atoms with E-state index in [0.29, 0.717) is 0 Å². The third-order valence-electron chi connectivity index (χ3n) is 5.37. The smallest absolute Gasteiger partial charge is 0.138 e. The molecule has 4 heterocycles. The number of fused-ring (bicyclic) bond motifs is 1. The summed E-state index contributed by atoms with van der Waals surface area (Å²) in [4.78, 5) is 17.3. The highest BCUT2D eigenvalue weighted by Crippen LogP contribution is 2.33. The molecule has 31 heavy (non-hydrogen) atoms. The van der Waals surface area contributed by atoms with Gasteiger partial charge < -0.3 is 10.3 Å². The molecule has 0 aliphatic carbocycles. The first-order chi connectivity index (χ1) is 15.2. The molecule has 0 saturated heterocycles. The zero-order valence-electron chi connectivity index (χ0n) is 17.6. The molecule has 5 aromatic rings. The molecule has 2 N–H and O–H groups in total. The van der Waals surface area contributed by atoms with Gasteiger partial charge in [0.2, 0.25) is 0 Å². The van der Waals surface area contributed by atoms with Gasteiger partial charge in [0.1, 0.15) is 5.65 Å². The quantitative estimate of drug-likeness (QED) is 0.412. The minimum Gasteiger partial charge on any atom is -0.346 e. The molecule has 0 amide bonds. The Balaban J connectivity index is 1.64. The van der Waals surface area contributed by atoms with Crippen molar-refractivity contribution in [3.63, 3.8) is 0 Å². The number of rotatable bonds is 5. The van der Waals surface area contributed by atoms with Crippen LogP contribution in [0.5, 0.6) is 0 Å². The molecule has 4 aromatic heterocycles. The first-order valence-corrected chi connectivity index (χ1v) is 10.3. The zero-order valence-corrected chi connectivity index (χ0v) is 17.6. The van der Waals surface area contributed by atoms with E-state index in [2.05, 4.69) is 62.7 Å². The van der Waals surface area contributed by atoms with Crippen molar-refractivity contribution in [3.05, 3.63) is 90.5 Å². The van der Waals surface area contributed by atoms with Crippen LogP contribution in [0, 0.1) is 6.92 Å². The molecule has 152 valence electrons. The summed E-state index contributed by atoms with van der Waals surface area (Å²) in [6.07, 6.45) is 5.75. The van der Waals surface area contributed by atoms with Crippen molar-refractivity contribution in [2.75, 3.05) is 7.05 Å². The third-order valence-corrected chi connectivity index (χ3v) is 5.37. The summed E-state index contributed by atoms with van der Waals surface area (Å²) < 4.78 is 0. The molecule has 0 aliphatic heterocycles. The van der Waals surface area contributed by atoms with Gasteiger partial charge in [-0.25, -0.2) is 4.98 Å². The maximum Gasteiger partial charge on any atom is 0.138 e. The second kappa shape index (κ2) is 8.13. The van der Waals surface area contributed by atoms with Crippen molar-refractivity contribution in [1.29, 1.82) is 0 Å². The minimum absolute atomic E-state index is 0.835. The summed E-state index contributed by atoms with van der Waals surface area (Å²) in [5, 5.41) is 4.28. The maximum absolute atomic E-state index is 4.80. The van der Waals surface area contributed by atoms with E-state index in [-0.39, 0.29) is 0 Å². The third kappa shape index (κ3) is 3.83. The summed E-state index contributed by atoms with van der Waals surface area (Å²) >= 11 is 0. The summed E-state index contributed by atoms with van der Waals surface area (Å²) in [6, 6.07) is 20.9. The molecule has 0 atom stereocenters. The van der Waals surface area contributed by atoms with Crippen molar-refractivity contribution in [1.82, 2.24) is 25.3 Å². The van der Waals surface area contributed by atoms with Crippen LogP contribution in [0.25, 0.3) is 44.7 Å². The lowest BCUT2D eigenvalue weighted by molar-refractivity contribution is 0.818. The molecule has 0 spiro atoms. The van der Waals surface area contributed by atoms with Crippen LogP contribution in [0.2, 0.25) is 0 Å². The fraction of sp³-hybridized carbons (Fsp3) is 0.115. The van der Waals surface area contributed by atoms with Gasteiger partial charge in [0.25, 0.3) is 0 Å². The van der Waals surface area contributed by atoms with E-state index < -0.39 is 0 Å². The van der Waals surface area contributed by atoms with Crippen LogP contribution < -0.4 is 5.32 Å².